The summed E-state index contributed by atoms with van der Waals surface area (Å²) in [5.41, 5.74) is 0.874. The first-order chi connectivity index (χ1) is 9.43. The lowest BCUT2D eigenvalue weighted by atomic mass is 10.0. The lowest BCUT2D eigenvalue weighted by Crippen LogP contribution is -1.98. The van der Waals surface area contributed by atoms with Gasteiger partial charge in [-0.3, -0.25) is 0 Å². The number of methoxy groups -OCH3 is 1. The maximum atomic E-state index is 13.2. The van der Waals surface area contributed by atoms with Crippen LogP contribution in [-0.2, 0) is 0 Å². The Kier molecular flexibility index (Phi) is 4.74. The second-order valence-electron chi connectivity index (χ2n) is 4.04. The molecule has 0 saturated heterocycles. The number of halogens is 5. The molecule has 0 aliphatic heterocycles. The van der Waals surface area contributed by atoms with E-state index in [0.717, 1.165) is 12.1 Å². The fourth-order valence-electron chi connectivity index (χ4n) is 1.74. The highest BCUT2D eigenvalue weighted by Gasteiger charge is 2.18. The minimum atomic E-state index is -0.969. The monoisotopic (exact) mass is 336 g/mol. The van der Waals surface area contributed by atoms with E-state index in [0.29, 0.717) is 26.9 Å². The van der Waals surface area contributed by atoms with E-state index in [9.17, 15) is 8.78 Å². The van der Waals surface area contributed by atoms with Crippen LogP contribution in [0.4, 0.5) is 8.78 Å². The third-order valence-corrected chi connectivity index (χ3v) is 3.89. The van der Waals surface area contributed by atoms with Crippen LogP contribution in [0.3, 0.4) is 0 Å². The molecule has 0 saturated carbocycles. The van der Waals surface area contributed by atoms with Crippen LogP contribution in [-0.4, -0.2) is 7.11 Å². The molecule has 1 unspecified atom stereocenters. The highest BCUT2D eigenvalue weighted by atomic mass is 35.5. The Morgan fingerprint density at radius 1 is 1.00 bits per heavy atom. The lowest BCUT2D eigenvalue weighted by molar-refractivity contribution is 0.415. The summed E-state index contributed by atoms with van der Waals surface area (Å²) < 4.78 is 31.2. The predicted molar refractivity (Wildman–Crippen MR) is 77.1 cm³/mol. The number of hydrogen-bond donors (Lipinski definition) is 0. The number of rotatable bonds is 3. The van der Waals surface area contributed by atoms with Gasteiger partial charge in [-0.15, -0.1) is 11.6 Å². The molecule has 106 valence electrons. The number of benzene rings is 2. The van der Waals surface area contributed by atoms with E-state index in [1.54, 1.807) is 6.07 Å². The number of hydrogen-bond acceptors (Lipinski definition) is 1. The molecule has 2 aromatic carbocycles. The van der Waals surface area contributed by atoms with Crippen LogP contribution in [0, 0.1) is 11.6 Å². The van der Waals surface area contributed by atoms with Gasteiger partial charge in [-0.25, -0.2) is 8.78 Å². The molecule has 1 nitrogen and oxygen atoms in total. The van der Waals surface area contributed by atoms with Crippen LogP contribution >= 0.6 is 34.8 Å². The van der Waals surface area contributed by atoms with Crippen LogP contribution in [0.1, 0.15) is 16.5 Å². The number of ether oxygens (including phenoxy) is 1. The van der Waals surface area contributed by atoms with E-state index in [2.05, 4.69) is 0 Å². The van der Waals surface area contributed by atoms with Crippen molar-refractivity contribution in [1.29, 1.82) is 0 Å². The first-order valence-corrected chi connectivity index (χ1v) is 6.75. The summed E-state index contributed by atoms with van der Waals surface area (Å²) in [6.45, 7) is 0. The molecule has 0 aliphatic rings. The molecule has 0 N–H and O–H groups in total. The van der Waals surface area contributed by atoms with E-state index in [1.807, 2.05) is 0 Å². The third-order valence-electron chi connectivity index (χ3n) is 2.78. The van der Waals surface area contributed by atoms with E-state index in [-0.39, 0.29) is 0 Å². The summed E-state index contributed by atoms with van der Waals surface area (Å²) in [4.78, 5) is 0. The van der Waals surface area contributed by atoms with Crippen molar-refractivity contribution >= 4 is 34.8 Å². The standard InChI is InChI=1S/C14H9Cl3F2O/c1-20-13-6-9(15)8(5-10(13)16)14(17)7-2-3-11(18)12(19)4-7/h2-6,14H,1H3. The van der Waals surface area contributed by atoms with Crippen molar-refractivity contribution in [2.24, 2.45) is 0 Å². The summed E-state index contributed by atoms with van der Waals surface area (Å²) in [6.07, 6.45) is 0. The van der Waals surface area contributed by atoms with Gasteiger partial charge in [-0.05, 0) is 29.3 Å². The fourth-order valence-corrected chi connectivity index (χ4v) is 2.63. The highest BCUT2D eigenvalue weighted by molar-refractivity contribution is 6.36. The minimum Gasteiger partial charge on any atom is -0.495 e. The zero-order chi connectivity index (χ0) is 14.9. The van der Waals surface area contributed by atoms with Gasteiger partial charge in [0, 0.05) is 11.1 Å². The smallest absolute Gasteiger partial charge is 0.159 e. The highest BCUT2D eigenvalue weighted by Crippen LogP contribution is 2.39. The molecular weight excluding hydrogens is 329 g/mol. The Labute approximate surface area is 130 Å². The van der Waals surface area contributed by atoms with Gasteiger partial charge < -0.3 is 4.74 Å². The lowest BCUT2D eigenvalue weighted by Gasteiger charge is -2.14. The molecule has 0 fully saturated rings. The topological polar surface area (TPSA) is 9.23 Å². The zero-order valence-corrected chi connectivity index (χ0v) is 12.5. The molecule has 0 radical (unpaired) electrons. The average Bonchev–Trinajstić information content (AvgIpc) is 2.43. The normalized spacial score (nSPS) is 12.3. The fraction of sp³-hybridized carbons (Fsp3) is 0.143. The quantitative estimate of drug-likeness (QED) is 0.662. The van der Waals surface area contributed by atoms with Gasteiger partial charge in [0.25, 0.3) is 0 Å². The first-order valence-electron chi connectivity index (χ1n) is 5.56. The SMILES string of the molecule is COc1cc(Cl)c(C(Cl)c2ccc(F)c(F)c2)cc1Cl. The molecule has 6 heteroatoms. The summed E-state index contributed by atoms with van der Waals surface area (Å²) >= 11 is 18.4. The van der Waals surface area contributed by atoms with Crippen LogP contribution in [0.2, 0.25) is 10.0 Å². The van der Waals surface area contributed by atoms with E-state index >= 15 is 0 Å². The van der Waals surface area contributed by atoms with Gasteiger partial charge >= 0.3 is 0 Å². The van der Waals surface area contributed by atoms with Gasteiger partial charge in [-0.1, -0.05) is 29.3 Å². The summed E-state index contributed by atoms with van der Waals surface area (Å²) in [5.74, 6) is -1.49. The zero-order valence-electron chi connectivity index (χ0n) is 10.3. The van der Waals surface area contributed by atoms with Crippen molar-refractivity contribution in [3.63, 3.8) is 0 Å². The maximum absolute atomic E-state index is 13.2. The molecule has 2 rings (SSSR count). The molecule has 0 spiro atoms. The van der Waals surface area contributed by atoms with Crippen LogP contribution in [0.15, 0.2) is 30.3 Å². The van der Waals surface area contributed by atoms with Gasteiger partial charge in [0.15, 0.2) is 11.6 Å². The Morgan fingerprint density at radius 2 is 1.70 bits per heavy atom. The van der Waals surface area contributed by atoms with Gasteiger partial charge in [0.2, 0.25) is 0 Å². The Bertz CT molecular complexity index is 647. The van der Waals surface area contributed by atoms with Crippen molar-refractivity contribution in [2.45, 2.75) is 5.38 Å². The molecule has 0 bridgehead atoms. The molecular formula is C14H9Cl3F2O. The summed E-state index contributed by atoms with van der Waals surface area (Å²) in [5, 5.41) is -0.0860. The van der Waals surface area contributed by atoms with E-state index < -0.39 is 17.0 Å². The van der Waals surface area contributed by atoms with Crippen molar-refractivity contribution in [1.82, 2.24) is 0 Å². The van der Waals surface area contributed by atoms with Crippen molar-refractivity contribution in [3.8, 4) is 5.75 Å². The largest absolute Gasteiger partial charge is 0.495 e. The molecule has 0 heterocycles. The Hall–Kier alpha value is -1.03. The maximum Gasteiger partial charge on any atom is 0.159 e. The molecule has 2 aromatic rings. The third kappa shape index (κ3) is 3.00. The van der Waals surface area contributed by atoms with E-state index in [4.69, 9.17) is 39.5 Å². The first kappa shape index (κ1) is 15.4. The van der Waals surface area contributed by atoms with Crippen molar-refractivity contribution in [3.05, 3.63) is 63.1 Å². The van der Waals surface area contributed by atoms with Crippen molar-refractivity contribution in [2.75, 3.05) is 7.11 Å². The van der Waals surface area contributed by atoms with Crippen LogP contribution in [0.25, 0.3) is 0 Å². The number of alkyl halides is 1. The van der Waals surface area contributed by atoms with Crippen LogP contribution < -0.4 is 4.74 Å². The molecule has 0 aromatic heterocycles. The summed E-state index contributed by atoms with van der Waals surface area (Å²) in [6, 6.07) is 6.50. The van der Waals surface area contributed by atoms with Gasteiger partial charge in [-0.2, -0.15) is 0 Å². The molecule has 1 atom stereocenters. The van der Waals surface area contributed by atoms with Crippen LogP contribution in [0.5, 0.6) is 5.75 Å². The second-order valence-corrected chi connectivity index (χ2v) is 5.30. The molecule has 20 heavy (non-hydrogen) atoms. The van der Waals surface area contributed by atoms with Gasteiger partial charge in [0.05, 0.1) is 17.5 Å². The molecule has 0 amide bonds. The minimum absolute atomic E-state index is 0.330. The van der Waals surface area contributed by atoms with E-state index in [1.165, 1.54) is 19.2 Å². The van der Waals surface area contributed by atoms with Crippen molar-refractivity contribution < 1.29 is 13.5 Å². The van der Waals surface area contributed by atoms with Gasteiger partial charge in [0.1, 0.15) is 5.75 Å². The predicted octanol–water partition coefficient (Wildman–Crippen LogP) is 5.61. The Morgan fingerprint density at radius 3 is 2.30 bits per heavy atom. The second kappa shape index (κ2) is 6.17. The Balaban J connectivity index is 2.45. The summed E-state index contributed by atoms with van der Waals surface area (Å²) in [7, 11) is 1.46. The molecule has 0 aliphatic carbocycles. The average molecular weight is 338 g/mol.